The van der Waals surface area contributed by atoms with Crippen LogP contribution in [0.25, 0.3) is 0 Å². The second kappa shape index (κ2) is 7.99. The number of ether oxygens (including phenoxy) is 3. The van der Waals surface area contributed by atoms with Crippen molar-refractivity contribution in [3.8, 4) is 0 Å². The third-order valence-electron chi connectivity index (χ3n) is 5.99. The van der Waals surface area contributed by atoms with Crippen molar-refractivity contribution >= 4 is 17.9 Å². The number of fused-ring (bicyclic) bond motifs is 3. The molecule has 2 fully saturated rings. The van der Waals surface area contributed by atoms with Crippen molar-refractivity contribution < 1.29 is 33.7 Å². The molecule has 1 saturated carbocycles. The topological polar surface area (TPSA) is 99.1 Å². The predicted molar refractivity (Wildman–Crippen MR) is 103 cm³/mol. The molecule has 7 nitrogen and oxygen atoms in total. The van der Waals surface area contributed by atoms with Crippen LogP contribution in [0.15, 0.2) is 47.6 Å². The molecule has 1 N–H and O–H groups in total. The summed E-state index contributed by atoms with van der Waals surface area (Å²) in [6.07, 6.45) is 1.78. The maximum Gasteiger partial charge on any atom is 0.334 e. The number of aliphatic hydroxyl groups is 1. The van der Waals surface area contributed by atoms with Gasteiger partial charge >= 0.3 is 17.9 Å². The molecule has 6 atom stereocenters. The third-order valence-corrected chi connectivity index (χ3v) is 5.99. The molecule has 29 heavy (non-hydrogen) atoms. The Morgan fingerprint density at radius 1 is 1.31 bits per heavy atom. The van der Waals surface area contributed by atoms with Gasteiger partial charge in [0.1, 0.15) is 18.8 Å². The summed E-state index contributed by atoms with van der Waals surface area (Å²) >= 11 is 0. The van der Waals surface area contributed by atoms with Gasteiger partial charge < -0.3 is 19.3 Å². The van der Waals surface area contributed by atoms with Gasteiger partial charge in [-0.1, -0.05) is 18.7 Å². The molecule has 0 amide bonds. The van der Waals surface area contributed by atoms with Crippen molar-refractivity contribution in [1.82, 2.24) is 0 Å². The number of carbonyl (C=O) groups is 3. The van der Waals surface area contributed by atoms with E-state index in [0.29, 0.717) is 12.0 Å². The zero-order valence-corrected chi connectivity index (χ0v) is 16.8. The summed E-state index contributed by atoms with van der Waals surface area (Å²) in [6.45, 7) is 12.6. The second-order valence-corrected chi connectivity index (χ2v) is 7.85. The molecule has 0 aromatic carbocycles. The summed E-state index contributed by atoms with van der Waals surface area (Å²) in [6, 6.07) is 0. The molecule has 3 rings (SSSR count). The van der Waals surface area contributed by atoms with Gasteiger partial charge in [0.25, 0.3) is 0 Å². The Morgan fingerprint density at radius 2 is 2.00 bits per heavy atom. The molecule has 0 bridgehead atoms. The average Bonchev–Trinajstić information content (AvgIpc) is 3.06. The van der Waals surface area contributed by atoms with Crippen LogP contribution in [0.4, 0.5) is 0 Å². The fourth-order valence-corrected chi connectivity index (χ4v) is 4.39. The van der Waals surface area contributed by atoms with Gasteiger partial charge in [0.2, 0.25) is 0 Å². The van der Waals surface area contributed by atoms with E-state index in [1.807, 2.05) is 13.0 Å². The van der Waals surface area contributed by atoms with Gasteiger partial charge in [0.05, 0.1) is 12.0 Å². The minimum Gasteiger partial charge on any atom is -0.462 e. The first-order valence-electron chi connectivity index (χ1n) is 9.57. The summed E-state index contributed by atoms with van der Waals surface area (Å²) in [5.41, 5.74) is 2.11. The second-order valence-electron chi connectivity index (χ2n) is 7.85. The number of carbonyl (C=O) groups excluding carboxylic acids is 3. The van der Waals surface area contributed by atoms with Crippen LogP contribution in [-0.4, -0.2) is 47.9 Å². The van der Waals surface area contributed by atoms with Crippen LogP contribution >= 0.6 is 0 Å². The lowest BCUT2D eigenvalue weighted by Crippen LogP contribution is -2.36. The Balaban J connectivity index is 1.87. The summed E-state index contributed by atoms with van der Waals surface area (Å²) in [5.74, 6) is -2.40. The fraction of sp³-hybridized carbons (Fsp3) is 0.500. The van der Waals surface area contributed by atoms with Crippen LogP contribution in [0.1, 0.15) is 27.2 Å². The Labute approximate surface area is 169 Å². The standard InChI is InChI=1S/C22H26O7/c1-10(6-7-27-14(5)23)21(25)28-17-8-11(2)15-9-16(24)12(3)18(15)20-19(17)13(4)22(26)29-20/h6,8,15-20,24H,3-4,7,9H2,1-2,5H3. The molecule has 0 spiro atoms. The lowest BCUT2D eigenvalue weighted by atomic mass is 9.80. The molecule has 156 valence electrons. The van der Waals surface area contributed by atoms with Gasteiger partial charge in [-0.25, -0.2) is 9.59 Å². The van der Waals surface area contributed by atoms with Crippen molar-refractivity contribution in [2.24, 2.45) is 17.8 Å². The molecule has 3 aliphatic rings. The third kappa shape index (κ3) is 3.92. The predicted octanol–water partition coefficient (Wildman–Crippen LogP) is 2.02. The molecular formula is C22H26O7. The number of allylic oxidation sites excluding steroid dienone is 1. The maximum absolute atomic E-state index is 12.6. The minimum atomic E-state index is -0.737. The van der Waals surface area contributed by atoms with Gasteiger partial charge in [-0.2, -0.15) is 0 Å². The van der Waals surface area contributed by atoms with Gasteiger partial charge in [0.15, 0.2) is 0 Å². The van der Waals surface area contributed by atoms with Crippen molar-refractivity contribution in [3.05, 3.63) is 47.6 Å². The first kappa shape index (κ1) is 21.0. The normalized spacial score (nSPS) is 34.0. The molecular weight excluding hydrogens is 376 g/mol. The first-order chi connectivity index (χ1) is 13.6. The molecule has 1 saturated heterocycles. The van der Waals surface area contributed by atoms with Gasteiger partial charge in [-0.15, -0.1) is 0 Å². The van der Waals surface area contributed by atoms with E-state index in [4.69, 9.17) is 14.2 Å². The molecule has 7 heteroatoms. The van der Waals surface area contributed by atoms with E-state index in [2.05, 4.69) is 13.2 Å². The number of rotatable bonds is 4. The maximum atomic E-state index is 12.6. The van der Waals surface area contributed by atoms with E-state index in [-0.39, 0.29) is 29.6 Å². The van der Waals surface area contributed by atoms with Gasteiger partial charge in [-0.3, -0.25) is 4.79 Å². The summed E-state index contributed by atoms with van der Waals surface area (Å²) in [5, 5.41) is 10.3. The van der Waals surface area contributed by atoms with Crippen LogP contribution in [-0.2, 0) is 28.6 Å². The number of esters is 3. The fourth-order valence-electron chi connectivity index (χ4n) is 4.39. The average molecular weight is 402 g/mol. The molecule has 0 aromatic heterocycles. The highest BCUT2D eigenvalue weighted by molar-refractivity contribution is 5.92. The van der Waals surface area contributed by atoms with Crippen LogP contribution in [0.2, 0.25) is 0 Å². The largest absolute Gasteiger partial charge is 0.462 e. The van der Waals surface area contributed by atoms with Crippen molar-refractivity contribution in [2.45, 2.75) is 45.5 Å². The highest BCUT2D eigenvalue weighted by Gasteiger charge is 2.55. The Kier molecular flexibility index (Phi) is 5.80. The van der Waals surface area contributed by atoms with Crippen LogP contribution in [0.3, 0.4) is 0 Å². The number of aliphatic hydroxyl groups excluding tert-OH is 1. The lowest BCUT2D eigenvalue weighted by molar-refractivity contribution is -0.146. The SMILES string of the molecule is C=C1C(=O)OC2C1C(OC(=O)C(C)=CCOC(C)=O)C=C(C)C1CC(O)C(=C)C12. The monoisotopic (exact) mass is 402 g/mol. The first-order valence-corrected chi connectivity index (χ1v) is 9.57. The van der Waals surface area contributed by atoms with Crippen LogP contribution < -0.4 is 0 Å². The van der Waals surface area contributed by atoms with E-state index in [1.165, 1.54) is 13.0 Å². The molecule has 1 aliphatic heterocycles. The van der Waals surface area contributed by atoms with E-state index < -0.39 is 42.1 Å². The van der Waals surface area contributed by atoms with Crippen LogP contribution in [0.5, 0.6) is 0 Å². The lowest BCUT2D eigenvalue weighted by Gasteiger charge is -2.28. The molecule has 1 heterocycles. The smallest absolute Gasteiger partial charge is 0.334 e. The van der Waals surface area contributed by atoms with E-state index in [9.17, 15) is 19.5 Å². The van der Waals surface area contributed by atoms with Gasteiger partial charge in [0, 0.05) is 24.0 Å². The summed E-state index contributed by atoms with van der Waals surface area (Å²) in [7, 11) is 0. The highest BCUT2D eigenvalue weighted by atomic mass is 16.6. The van der Waals surface area contributed by atoms with E-state index >= 15 is 0 Å². The van der Waals surface area contributed by atoms with Crippen molar-refractivity contribution in [1.29, 1.82) is 0 Å². The summed E-state index contributed by atoms with van der Waals surface area (Å²) in [4.78, 5) is 35.7. The van der Waals surface area contributed by atoms with E-state index in [1.54, 1.807) is 6.92 Å². The number of hydrogen-bond donors (Lipinski definition) is 1. The zero-order chi connectivity index (χ0) is 21.5. The number of hydrogen-bond acceptors (Lipinski definition) is 7. The van der Waals surface area contributed by atoms with Crippen LogP contribution in [0, 0.1) is 17.8 Å². The molecule has 6 unspecified atom stereocenters. The Bertz CT molecular complexity index is 834. The molecule has 0 aromatic rings. The van der Waals surface area contributed by atoms with E-state index in [0.717, 1.165) is 5.57 Å². The summed E-state index contributed by atoms with van der Waals surface area (Å²) < 4.78 is 16.1. The Hall–Kier alpha value is -2.67. The Morgan fingerprint density at radius 3 is 2.66 bits per heavy atom. The highest BCUT2D eigenvalue weighted by Crippen LogP contribution is 2.51. The molecule has 0 radical (unpaired) electrons. The van der Waals surface area contributed by atoms with Gasteiger partial charge in [-0.05, 0) is 43.9 Å². The minimum absolute atomic E-state index is 0.0297. The zero-order valence-electron chi connectivity index (χ0n) is 16.8. The van der Waals surface area contributed by atoms with Crippen molar-refractivity contribution in [3.63, 3.8) is 0 Å². The quantitative estimate of drug-likeness (QED) is 0.332. The van der Waals surface area contributed by atoms with Crippen molar-refractivity contribution in [2.75, 3.05) is 6.61 Å². The molecule has 2 aliphatic carbocycles.